The lowest BCUT2D eigenvalue weighted by atomic mass is 10.1. The summed E-state index contributed by atoms with van der Waals surface area (Å²) in [6, 6.07) is 7.77. The van der Waals surface area contributed by atoms with E-state index < -0.39 is 41.8 Å². The lowest BCUT2D eigenvalue weighted by Gasteiger charge is -2.27. The van der Waals surface area contributed by atoms with Gasteiger partial charge in [-0.1, -0.05) is 49.6 Å². The van der Waals surface area contributed by atoms with Gasteiger partial charge < -0.3 is 19.3 Å². The van der Waals surface area contributed by atoms with Gasteiger partial charge in [0.15, 0.2) is 11.6 Å². The number of nitrogens with one attached hydrogen (secondary N) is 2. The summed E-state index contributed by atoms with van der Waals surface area (Å²) in [6.07, 6.45) is 4.49. The molecule has 0 radical (unpaired) electrons. The summed E-state index contributed by atoms with van der Waals surface area (Å²) in [5, 5.41) is 4.95. The number of rotatable bonds is 12. The zero-order valence-electron chi connectivity index (χ0n) is 29.4. The van der Waals surface area contributed by atoms with Crippen molar-refractivity contribution in [1.29, 1.82) is 0 Å². The largest absolute Gasteiger partial charge is 0.378 e. The SMILES string of the molecule is C=CC(=O)Nc1nc(-c2ccc(/C=C/c3ccc(-c4nc(NC(=O)C=C)nc(N5CCOCC5)n4)cc3S(=O)(=O)O)c(S(=O)(=O)O)c2)nc(N2CCOCC2)n1. The van der Waals surface area contributed by atoms with Crippen molar-refractivity contribution >= 4 is 68.0 Å². The highest BCUT2D eigenvalue weighted by molar-refractivity contribution is 7.86. The van der Waals surface area contributed by atoms with Crippen LogP contribution in [0.5, 0.6) is 0 Å². The quantitative estimate of drug-likeness (QED) is 0.0905. The predicted molar refractivity (Wildman–Crippen MR) is 203 cm³/mol. The fourth-order valence-electron chi connectivity index (χ4n) is 5.48. The molecule has 2 saturated heterocycles. The van der Waals surface area contributed by atoms with Crippen LogP contribution in [-0.4, -0.2) is 120 Å². The molecule has 0 aliphatic carbocycles. The molecule has 2 aliphatic heterocycles. The van der Waals surface area contributed by atoms with Crippen LogP contribution in [0.25, 0.3) is 34.9 Å². The second-order valence-corrected chi connectivity index (χ2v) is 14.7. The van der Waals surface area contributed by atoms with Crippen LogP contribution in [0.4, 0.5) is 23.8 Å². The number of aromatic nitrogens is 6. The van der Waals surface area contributed by atoms with Crippen LogP contribution in [-0.2, 0) is 39.3 Å². The Balaban J connectivity index is 1.38. The van der Waals surface area contributed by atoms with Crippen LogP contribution in [0.1, 0.15) is 11.1 Å². The molecule has 2 fully saturated rings. The van der Waals surface area contributed by atoms with Crippen LogP contribution >= 0.6 is 0 Å². The molecule has 20 nitrogen and oxygen atoms in total. The predicted octanol–water partition coefficient (Wildman–Crippen LogP) is 1.98. The molecule has 0 unspecified atom stereocenters. The molecule has 4 aromatic rings. The van der Waals surface area contributed by atoms with Gasteiger partial charge in [-0.3, -0.25) is 29.3 Å². The van der Waals surface area contributed by atoms with Gasteiger partial charge in [-0.15, -0.1) is 0 Å². The van der Waals surface area contributed by atoms with E-state index in [0.29, 0.717) is 52.6 Å². The third kappa shape index (κ3) is 9.60. The number of hydrogen-bond donors (Lipinski definition) is 4. The van der Waals surface area contributed by atoms with E-state index in [1.54, 1.807) is 9.80 Å². The van der Waals surface area contributed by atoms with Gasteiger partial charge in [-0.05, 0) is 35.4 Å². The Hall–Kier alpha value is -6.04. The molecule has 0 bridgehead atoms. The van der Waals surface area contributed by atoms with Gasteiger partial charge >= 0.3 is 0 Å². The standard InChI is InChI=1S/C34H34N10O10S2/c1-3-27(45)35-31-37-29(39-33(41-31)43-11-15-53-16-12-43)23-9-7-21(25(19-23)55(47,48)49)5-6-22-8-10-24(20-26(22)56(50,51)52)30-38-32(36-28(46)4-2)42-34(40-30)44-13-17-54-18-14-44/h3-10,19-20H,1-2,11-18H2,(H,47,48,49)(H,50,51,52)(H,35,37,39,41,45)(H,36,38,40,42,46)/b6-5+. The third-order valence-corrected chi connectivity index (χ3v) is 10.0. The van der Waals surface area contributed by atoms with Gasteiger partial charge in [0.05, 0.1) is 26.4 Å². The Bertz CT molecular complexity index is 2280. The number of hydrogen-bond acceptors (Lipinski definition) is 16. The third-order valence-electron chi connectivity index (χ3n) is 8.22. The van der Waals surface area contributed by atoms with E-state index in [1.807, 2.05) is 0 Å². The van der Waals surface area contributed by atoms with Crippen molar-refractivity contribution in [3.63, 3.8) is 0 Å². The van der Waals surface area contributed by atoms with Gasteiger partial charge in [-0.25, -0.2) is 0 Å². The molecule has 0 saturated carbocycles. The Kier molecular flexibility index (Phi) is 11.9. The lowest BCUT2D eigenvalue weighted by molar-refractivity contribution is -0.112. The molecule has 6 rings (SSSR count). The number of morpholine rings is 2. The van der Waals surface area contributed by atoms with Crippen LogP contribution < -0.4 is 20.4 Å². The van der Waals surface area contributed by atoms with E-state index in [0.717, 1.165) is 24.3 Å². The van der Waals surface area contributed by atoms with Gasteiger partial charge in [0.25, 0.3) is 20.2 Å². The zero-order valence-corrected chi connectivity index (χ0v) is 31.0. The van der Waals surface area contributed by atoms with E-state index in [-0.39, 0.29) is 57.7 Å². The maximum Gasteiger partial charge on any atom is 0.295 e. The van der Waals surface area contributed by atoms with Crippen molar-refractivity contribution in [2.75, 3.05) is 73.0 Å². The normalized spacial score (nSPS) is 15.0. The highest BCUT2D eigenvalue weighted by Gasteiger charge is 2.23. The van der Waals surface area contributed by atoms with Gasteiger partial charge in [0.2, 0.25) is 35.6 Å². The molecule has 2 amide bonds. The molecule has 4 N–H and O–H groups in total. The summed E-state index contributed by atoms with van der Waals surface area (Å²) in [5.74, 6) is -1.16. The summed E-state index contributed by atoms with van der Waals surface area (Å²) < 4.78 is 82.0. The Morgan fingerprint density at radius 1 is 0.625 bits per heavy atom. The maximum absolute atomic E-state index is 12.7. The van der Waals surface area contributed by atoms with Crippen molar-refractivity contribution in [3.8, 4) is 22.8 Å². The molecule has 0 atom stereocenters. The van der Waals surface area contributed by atoms with Crippen LogP contribution in [0.2, 0.25) is 0 Å². The minimum absolute atomic E-state index is 0.0344. The van der Waals surface area contributed by atoms with E-state index >= 15 is 0 Å². The second-order valence-electron chi connectivity index (χ2n) is 11.9. The summed E-state index contributed by atoms with van der Waals surface area (Å²) in [5.41, 5.74) is 0.112. The molecule has 22 heteroatoms. The van der Waals surface area contributed by atoms with E-state index in [4.69, 9.17) is 9.47 Å². The van der Waals surface area contributed by atoms with Gasteiger partial charge in [-0.2, -0.15) is 46.7 Å². The first-order valence-electron chi connectivity index (χ1n) is 16.7. The molecule has 4 heterocycles. The van der Waals surface area contributed by atoms with E-state index in [1.165, 1.54) is 36.4 Å². The fraction of sp³-hybridized carbons (Fsp3) is 0.235. The molecule has 2 aliphatic rings. The first kappa shape index (κ1) is 39.6. The molecule has 0 spiro atoms. The van der Waals surface area contributed by atoms with Crippen molar-refractivity contribution in [3.05, 3.63) is 72.8 Å². The second kappa shape index (κ2) is 16.8. The number of ether oxygens (including phenoxy) is 2. The Labute approximate surface area is 320 Å². The van der Waals surface area contributed by atoms with Crippen molar-refractivity contribution in [1.82, 2.24) is 29.9 Å². The van der Waals surface area contributed by atoms with Crippen molar-refractivity contribution in [2.45, 2.75) is 9.79 Å². The number of anilines is 4. The maximum atomic E-state index is 12.7. The monoisotopic (exact) mass is 806 g/mol. The van der Waals surface area contributed by atoms with Gasteiger partial charge in [0, 0.05) is 37.3 Å². The van der Waals surface area contributed by atoms with E-state index in [2.05, 4.69) is 53.7 Å². The molecule has 56 heavy (non-hydrogen) atoms. The van der Waals surface area contributed by atoms with Crippen molar-refractivity contribution < 1.29 is 45.0 Å². The average Bonchev–Trinajstić information content (AvgIpc) is 3.19. The summed E-state index contributed by atoms with van der Waals surface area (Å²) in [6.45, 7) is 10.2. The first-order valence-corrected chi connectivity index (χ1v) is 19.6. The number of benzene rings is 2. The minimum atomic E-state index is -4.91. The lowest BCUT2D eigenvalue weighted by Crippen LogP contribution is -2.37. The number of carbonyl (C=O) groups is 2. The summed E-state index contributed by atoms with van der Waals surface area (Å²) in [7, 11) is -9.82. The Morgan fingerprint density at radius 2 is 1.00 bits per heavy atom. The first-order chi connectivity index (χ1) is 26.7. The van der Waals surface area contributed by atoms with Crippen LogP contribution in [0, 0.1) is 0 Å². The summed E-state index contributed by atoms with van der Waals surface area (Å²) in [4.78, 5) is 52.6. The summed E-state index contributed by atoms with van der Waals surface area (Å²) >= 11 is 0. The van der Waals surface area contributed by atoms with Crippen LogP contribution in [0.3, 0.4) is 0 Å². The minimum Gasteiger partial charge on any atom is -0.378 e. The van der Waals surface area contributed by atoms with Gasteiger partial charge in [0.1, 0.15) is 9.79 Å². The highest BCUT2D eigenvalue weighted by atomic mass is 32.2. The number of amides is 2. The van der Waals surface area contributed by atoms with Crippen molar-refractivity contribution in [2.24, 2.45) is 0 Å². The Morgan fingerprint density at radius 3 is 1.34 bits per heavy atom. The number of carbonyl (C=O) groups excluding carboxylic acids is 2. The molecular weight excluding hydrogens is 773 g/mol. The van der Waals surface area contributed by atoms with Crippen LogP contribution in [0.15, 0.2) is 71.5 Å². The number of nitrogens with zero attached hydrogens (tertiary/aromatic N) is 8. The topological polar surface area (TPSA) is 269 Å². The highest BCUT2D eigenvalue weighted by Crippen LogP contribution is 2.30. The molecule has 2 aromatic heterocycles. The molecule has 292 valence electrons. The molecular formula is C34H34N10O10S2. The fourth-order valence-corrected chi connectivity index (χ4v) is 6.90. The smallest absolute Gasteiger partial charge is 0.295 e. The average molecular weight is 807 g/mol. The van der Waals surface area contributed by atoms with E-state index in [9.17, 15) is 35.5 Å². The molecule has 2 aromatic carbocycles. The zero-order chi connectivity index (χ0) is 40.0.